The summed E-state index contributed by atoms with van der Waals surface area (Å²) < 4.78 is 0.840. The molecule has 0 aliphatic carbocycles. The Hall–Kier alpha value is -0.940. The van der Waals surface area contributed by atoms with Crippen molar-refractivity contribution in [3.63, 3.8) is 0 Å². The Bertz CT molecular complexity index is 448. The Morgan fingerprint density at radius 2 is 2.18 bits per heavy atom. The standard InChI is InChI=1S/C12H15BrN2OS/c1-8-4-3-5-9(11(8)13)12(16)15(2)7-6-10(14)17/h3-5H,6-7H2,1-2H3,(H2,14,17). The molecule has 0 saturated carbocycles. The summed E-state index contributed by atoms with van der Waals surface area (Å²) in [5.41, 5.74) is 7.12. The molecule has 1 aromatic carbocycles. The van der Waals surface area contributed by atoms with E-state index >= 15 is 0 Å². The molecular weight excluding hydrogens is 300 g/mol. The van der Waals surface area contributed by atoms with Crippen LogP contribution < -0.4 is 5.73 Å². The summed E-state index contributed by atoms with van der Waals surface area (Å²) in [6.45, 7) is 2.49. The summed E-state index contributed by atoms with van der Waals surface area (Å²) in [5.74, 6) is -0.0307. The second-order valence-corrected chi connectivity index (χ2v) is 5.20. The Labute approximate surface area is 115 Å². The van der Waals surface area contributed by atoms with Gasteiger partial charge in [0.15, 0.2) is 0 Å². The number of thiocarbonyl (C=S) groups is 1. The summed E-state index contributed by atoms with van der Waals surface area (Å²) in [4.78, 5) is 14.2. The van der Waals surface area contributed by atoms with E-state index in [1.54, 1.807) is 18.0 Å². The number of hydrogen-bond acceptors (Lipinski definition) is 2. The van der Waals surface area contributed by atoms with E-state index in [0.717, 1.165) is 10.0 Å². The summed E-state index contributed by atoms with van der Waals surface area (Å²) >= 11 is 8.23. The van der Waals surface area contributed by atoms with Crippen LogP contribution in [0.15, 0.2) is 22.7 Å². The van der Waals surface area contributed by atoms with E-state index in [-0.39, 0.29) is 5.91 Å². The molecule has 0 radical (unpaired) electrons. The highest BCUT2D eigenvalue weighted by atomic mass is 79.9. The number of carbonyl (C=O) groups is 1. The average Bonchev–Trinajstić information content (AvgIpc) is 2.28. The van der Waals surface area contributed by atoms with Crippen LogP contribution in [0.4, 0.5) is 0 Å². The van der Waals surface area contributed by atoms with Crippen molar-refractivity contribution < 1.29 is 4.79 Å². The zero-order valence-electron chi connectivity index (χ0n) is 9.87. The maximum Gasteiger partial charge on any atom is 0.254 e. The molecule has 0 aliphatic rings. The van der Waals surface area contributed by atoms with E-state index in [9.17, 15) is 4.79 Å². The van der Waals surface area contributed by atoms with Crippen LogP contribution in [0.25, 0.3) is 0 Å². The van der Waals surface area contributed by atoms with Gasteiger partial charge in [0.2, 0.25) is 0 Å². The lowest BCUT2D eigenvalue weighted by atomic mass is 10.1. The van der Waals surface area contributed by atoms with E-state index in [1.165, 1.54) is 0 Å². The largest absolute Gasteiger partial charge is 0.393 e. The van der Waals surface area contributed by atoms with Crippen LogP contribution in [0.2, 0.25) is 0 Å². The molecule has 1 rings (SSSR count). The number of carbonyl (C=O) groups excluding carboxylic acids is 1. The highest BCUT2D eigenvalue weighted by Crippen LogP contribution is 2.22. The van der Waals surface area contributed by atoms with Crippen molar-refractivity contribution in [1.82, 2.24) is 4.90 Å². The SMILES string of the molecule is Cc1cccc(C(=O)N(C)CCC(N)=S)c1Br. The van der Waals surface area contributed by atoms with Crippen molar-refractivity contribution in [3.8, 4) is 0 Å². The van der Waals surface area contributed by atoms with Gasteiger partial charge in [0, 0.05) is 24.5 Å². The summed E-state index contributed by atoms with van der Waals surface area (Å²) in [6, 6.07) is 5.63. The Kier molecular flexibility index (Phi) is 5.08. The van der Waals surface area contributed by atoms with Crippen molar-refractivity contribution in [1.29, 1.82) is 0 Å². The Morgan fingerprint density at radius 3 is 2.76 bits per heavy atom. The topological polar surface area (TPSA) is 46.3 Å². The first kappa shape index (κ1) is 14.1. The fourth-order valence-electron chi connectivity index (χ4n) is 1.40. The number of hydrogen-bond donors (Lipinski definition) is 1. The number of aryl methyl sites for hydroxylation is 1. The molecule has 0 bridgehead atoms. The normalized spacial score (nSPS) is 10.1. The van der Waals surface area contributed by atoms with Gasteiger partial charge >= 0.3 is 0 Å². The molecule has 0 aliphatic heterocycles. The van der Waals surface area contributed by atoms with Crippen LogP contribution in [-0.4, -0.2) is 29.4 Å². The molecular formula is C12H15BrN2OS. The van der Waals surface area contributed by atoms with Crippen molar-refractivity contribution in [2.45, 2.75) is 13.3 Å². The first-order valence-corrected chi connectivity index (χ1v) is 6.42. The molecule has 0 atom stereocenters. The lowest BCUT2D eigenvalue weighted by molar-refractivity contribution is 0.0798. The van der Waals surface area contributed by atoms with Crippen molar-refractivity contribution in [2.75, 3.05) is 13.6 Å². The number of benzene rings is 1. The van der Waals surface area contributed by atoms with Gasteiger partial charge in [0.25, 0.3) is 5.91 Å². The smallest absolute Gasteiger partial charge is 0.254 e. The van der Waals surface area contributed by atoms with Crippen molar-refractivity contribution in [3.05, 3.63) is 33.8 Å². The number of halogens is 1. The summed E-state index contributed by atoms with van der Waals surface area (Å²) in [7, 11) is 1.75. The minimum Gasteiger partial charge on any atom is -0.393 e. The first-order chi connectivity index (χ1) is 7.93. The molecule has 2 N–H and O–H groups in total. The van der Waals surface area contributed by atoms with E-state index in [1.807, 2.05) is 19.1 Å². The molecule has 0 heterocycles. The molecule has 5 heteroatoms. The van der Waals surface area contributed by atoms with E-state index < -0.39 is 0 Å². The van der Waals surface area contributed by atoms with Crippen LogP contribution in [0.1, 0.15) is 22.3 Å². The van der Waals surface area contributed by atoms with Crippen LogP contribution in [0.5, 0.6) is 0 Å². The number of amides is 1. The van der Waals surface area contributed by atoms with Crippen LogP contribution in [0.3, 0.4) is 0 Å². The third-order valence-electron chi connectivity index (χ3n) is 2.46. The molecule has 0 fully saturated rings. The molecule has 0 unspecified atom stereocenters. The lowest BCUT2D eigenvalue weighted by Gasteiger charge is -2.18. The van der Waals surface area contributed by atoms with Crippen LogP contribution in [0, 0.1) is 6.92 Å². The van der Waals surface area contributed by atoms with Gasteiger partial charge in [-0.15, -0.1) is 0 Å². The van der Waals surface area contributed by atoms with Crippen molar-refractivity contribution >= 4 is 39.0 Å². The molecule has 1 amide bonds. The second-order valence-electron chi connectivity index (χ2n) is 3.88. The summed E-state index contributed by atoms with van der Waals surface area (Å²) in [6.07, 6.45) is 0.543. The second kappa shape index (κ2) is 6.12. The predicted octanol–water partition coefficient (Wildman–Crippen LogP) is 2.51. The highest BCUT2D eigenvalue weighted by molar-refractivity contribution is 9.10. The van der Waals surface area contributed by atoms with E-state index in [0.29, 0.717) is 23.5 Å². The fraction of sp³-hybridized carbons (Fsp3) is 0.333. The first-order valence-electron chi connectivity index (χ1n) is 5.22. The minimum absolute atomic E-state index is 0.0307. The van der Waals surface area contributed by atoms with E-state index in [4.69, 9.17) is 18.0 Å². The highest BCUT2D eigenvalue weighted by Gasteiger charge is 2.15. The van der Waals surface area contributed by atoms with Gasteiger partial charge in [0.1, 0.15) is 0 Å². The Balaban J connectivity index is 2.82. The predicted molar refractivity (Wildman–Crippen MR) is 77.2 cm³/mol. The Morgan fingerprint density at radius 1 is 1.53 bits per heavy atom. The molecule has 17 heavy (non-hydrogen) atoms. The fourth-order valence-corrected chi connectivity index (χ4v) is 1.92. The number of nitrogens with zero attached hydrogens (tertiary/aromatic N) is 1. The van der Waals surface area contributed by atoms with Gasteiger partial charge in [-0.1, -0.05) is 24.4 Å². The monoisotopic (exact) mass is 314 g/mol. The minimum atomic E-state index is -0.0307. The van der Waals surface area contributed by atoms with Crippen molar-refractivity contribution in [2.24, 2.45) is 5.73 Å². The number of nitrogens with two attached hydrogens (primary N) is 1. The van der Waals surface area contributed by atoms with Crippen LogP contribution in [-0.2, 0) is 0 Å². The molecule has 3 nitrogen and oxygen atoms in total. The maximum atomic E-state index is 12.1. The van der Waals surface area contributed by atoms with Gasteiger partial charge in [-0.2, -0.15) is 0 Å². The molecule has 0 aromatic heterocycles. The van der Waals surface area contributed by atoms with Gasteiger partial charge in [-0.3, -0.25) is 4.79 Å². The quantitative estimate of drug-likeness (QED) is 0.869. The van der Waals surface area contributed by atoms with Gasteiger partial charge in [-0.25, -0.2) is 0 Å². The van der Waals surface area contributed by atoms with Gasteiger partial charge in [-0.05, 0) is 34.5 Å². The summed E-state index contributed by atoms with van der Waals surface area (Å²) in [5, 5.41) is 0. The average molecular weight is 315 g/mol. The third kappa shape index (κ3) is 3.78. The molecule has 0 saturated heterocycles. The lowest BCUT2D eigenvalue weighted by Crippen LogP contribution is -2.30. The zero-order valence-corrected chi connectivity index (χ0v) is 12.3. The van der Waals surface area contributed by atoms with Crippen LogP contribution >= 0.6 is 28.1 Å². The zero-order chi connectivity index (χ0) is 13.0. The molecule has 1 aromatic rings. The van der Waals surface area contributed by atoms with Gasteiger partial charge < -0.3 is 10.6 Å². The molecule has 0 spiro atoms. The van der Waals surface area contributed by atoms with Gasteiger partial charge in [0.05, 0.1) is 10.6 Å². The number of rotatable bonds is 4. The van der Waals surface area contributed by atoms with E-state index in [2.05, 4.69) is 15.9 Å². The maximum absolute atomic E-state index is 12.1. The third-order valence-corrected chi connectivity index (χ3v) is 3.72. The molecule has 92 valence electrons.